The van der Waals surface area contributed by atoms with Crippen LogP contribution in [0.2, 0.25) is 0 Å². The molecule has 0 saturated heterocycles. The molecule has 1 aromatic carbocycles. The van der Waals surface area contributed by atoms with Gasteiger partial charge in [0.2, 0.25) is 0 Å². The van der Waals surface area contributed by atoms with Gasteiger partial charge in [-0.05, 0) is 40.6 Å². The van der Waals surface area contributed by atoms with Crippen molar-refractivity contribution in [2.24, 2.45) is 0 Å². The van der Waals surface area contributed by atoms with E-state index >= 15 is 0 Å². The molecule has 1 aliphatic rings. The molecule has 0 atom stereocenters. The van der Waals surface area contributed by atoms with E-state index in [2.05, 4.69) is 5.32 Å². The van der Waals surface area contributed by atoms with Crippen molar-refractivity contribution < 1.29 is 9.53 Å². The number of hydrogen-bond donors (Lipinski definition) is 1. The molecule has 0 bridgehead atoms. The van der Waals surface area contributed by atoms with Crippen LogP contribution in [-0.2, 0) is 9.53 Å². The zero-order chi connectivity index (χ0) is 21.1. The minimum Gasteiger partial charge on any atom is -0.496 e. The van der Waals surface area contributed by atoms with Gasteiger partial charge in [0, 0.05) is 39.6 Å². The van der Waals surface area contributed by atoms with E-state index in [0.717, 1.165) is 20.1 Å². The summed E-state index contributed by atoms with van der Waals surface area (Å²) in [6, 6.07) is 9.42. The number of nitrogens with zero attached hydrogens (tertiary/aromatic N) is 2. The summed E-state index contributed by atoms with van der Waals surface area (Å²) in [5, 5.41) is 2.84. The van der Waals surface area contributed by atoms with E-state index in [9.17, 15) is 4.79 Å². The molecule has 0 radical (unpaired) electrons. The topological polar surface area (TPSA) is 44.8 Å². The molecule has 0 aliphatic carbocycles. The van der Waals surface area contributed by atoms with Crippen LogP contribution in [0, 0.1) is 0 Å². The van der Waals surface area contributed by atoms with Gasteiger partial charge in [-0.2, -0.15) is 0 Å². The van der Waals surface area contributed by atoms with Crippen molar-refractivity contribution in [3.8, 4) is 0 Å². The van der Waals surface area contributed by atoms with Crippen molar-refractivity contribution >= 4 is 78.0 Å². The first kappa shape index (κ1) is 25.1. The fourth-order valence-corrected chi connectivity index (χ4v) is 4.85. The van der Waals surface area contributed by atoms with Crippen LogP contribution in [0.15, 0.2) is 41.0 Å². The van der Waals surface area contributed by atoms with Gasteiger partial charge < -0.3 is 19.9 Å². The van der Waals surface area contributed by atoms with Gasteiger partial charge in [-0.25, -0.2) is 0 Å². The molecule has 1 amide bonds. The molecule has 1 heterocycles. The fraction of sp³-hybridized carbons (Fsp3) is 0.389. The minimum atomic E-state index is -0.0894. The molecule has 1 aromatic rings. The van der Waals surface area contributed by atoms with E-state index in [4.69, 9.17) is 29.2 Å². The second-order valence-corrected chi connectivity index (χ2v) is 10.4. The van der Waals surface area contributed by atoms with Crippen LogP contribution < -0.4 is 5.32 Å². The van der Waals surface area contributed by atoms with Crippen LogP contribution in [0.25, 0.3) is 0 Å². The molecule has 0 spiro atoms. The average Bonchev–Trinajstić information content (AvgIpc) is 2.67. The van der Waals surface area contributed by atoms with Gasteiger partial charge in [0.1, 0.15) is 19.3 Å². The third-order valence-electron chi connectivity index (χ3n) is 3.12. The normalized spacial score (nSPS) is 12.9. The number of ether oxygens (including phenoxy) is 1. The quantitative estimate of drug-likeness (QED) is 0.485. The molecule has 2 rings (SSSR count). The molecule has 28 heavy (non-hydrogen) atoms. The summed E-state index contributed by atoms with van der Waals surface area (Å²) < 4.78 is 7.02. The molecule has 0 saturated carbocycles. The minimum absolute atomic E-state index is 0.0894. The van der Waals surface area contributed by atoms with Gasteiger partial charge in [-0.1, -0.05) is 42.6 Å². The van der Waals surface area contributed by atoms with Crippen LogP contribution in [-0.4, -0.2) is 64.9 Å². The summed E-state index contributed by atoms with van der Waals surface area (Å²) in [6.45, 7) is 2.50. The van der Waals surface area contributed by atoms with Crippen LogP contribution in [0.3, 0.4) is 0 Å². The maximum absolute atomic E-state index is 11.9. The number of thioether (sulfide) groups is 1. The Hall–Kier alpha value is -0.940. The molecule has 10 heteroatoms. The Kier molecular flexibility index (Phi) is 11.9. The monoisotopic (exact) mass is 475 g/mol. The van der Waals surface area contributed by atoms with Gasteiger partial charge in [0.15, 0.2) is 0 Å². The van der Waals surface area contributed by atoms with Crippen molar-refractivity contribution in [2.75, 3.05) is 45.9 Å². The van der Waals surface area contributed by atoms with Crippen molar-refractivity contribution in [3.63, 3.8) is 0 Å². The first-order chi connectivity index (χ1) is 13.2. The number of carbonyl (C=O) groups excluding carboxylic acids is 1. The van der Waals surface area contributed by atoms with Gasteiger partial charge in [0.25, 0.3) is 5.91 Å². The number of anilines is 1. The zero-order valence-electron chi connectivity index (χ0n) is 16.6. The highest BCUT2D eigenvalue weighted by Gasteiger charge is 2.18. The lowest BCUT2D eigenvalue weighted by Crippen LogP contribution is -2.18. The lowest BCUT2D eigenvalue weighted by molar-refractivity contribution is -0.112. The summed E-state index contributed by atoms with van der Waals surface area (Å²) in [5.74, 6) is 1.45. The van der Waals surface area contributed by atoms with Crippen LogP contribution in [0.1, 0.15) is 6.92 Å². The molecule has 1 N–H and O–H groups in total. The Bertz CT molecular complexity index is 688. The number of allylic oxidation sites excluding steroid dienone is 1. The predicted molar refractivity (Wildman–Crippen MR) is 134 cm³/mol. The third-order valence-corrected chi connectivity index (χ3v) is 8.41. The number of amides is 1. The summed E-state index contributed by atoms with van der Waals surface area (Å²) in [4.78, 5) is 16.4. The van der Waals surface area contributed by atoms with E-state index < -0.39 is 0 Å². The molecular weight excluding hydrogens is 451 g/mol. The molecule has 0 aromatic heterocycles. The molecule has 5 nitrogen and oxygen atoms in total. The highest BCUT2D eigenvalue weighted by atomic mass is 33.1. The number of hydrogen-bond acceptors (Lipinski definition) is 7. The summed E-state index contributed by atoms with van der Waals surface area (Å²) in [5.41, 5.74) is 0.805. The number of rotatable bonds is 2. The van der Waals surface area contributed by atoms with E-state index in [1.165, 1.54) is 21.6 Å². The Labute approximate surface area is 190 Å². The standard InChI is InChI=1S/C12H13NO2S.C6H12N2S4/c1-9-11(16-8-7-15-9)12(14)13-10-5-3-2-4-6-10;1-7(2)5(9)11-12-6(10)8(3)4/h2-6H,7-8H2,1H3,(H,13,14);1-4H3. The Balaban J connectivity index is 0.000000295. The first-order valence-corrected chi connectivity index (χ1v) is 12.3. The van der Waals surface area contributed by atoms with Gasteiger partial charge in [-0.3, -0.25) is 4.79 Å². The van der Waals surface area contributed by atoms with Gasteiger partial charge >= 0.3 is 0 Å². The van der Waals surface area contributed by atoms with Crippen LogP contribution in [0.5, 0.6) is 0 Å². The molecule has 0 unspecified atom stereocenters. The van der Waals surface area contributed by atoms with Crippen molar-refractivity contribution in [2.45, 2.75) is 6.92 Å². The number of carbonyl (C=O) groups is 1. The van der Waals surface area contributed by atoms with Crippen molar-refractivity contribution in [1.82, 2.24) is 9.80 Å². The highest BCUT2D eigenvalue weighted by Crippen LogP contribution is 2.27. The largest absolute Gasteiger partial charge is 0.496 e. The first-order valence-electron chi connectivity index (χ1n) is 8.32. The molecular formula is C18H25N3O2S5. The maximum Gasteiger partial charge on any atom is 0.265 e. The smallest absolute Gasteiger partial charge is 0.265 e. The number of nitrogens with one attached hydrogen (secondary N) is 1. The summed E-state index contributed by atoms with van der Waals surface area (Å²) in [6.07, 6.45) is 0. The maximum atomic E-state index is 11.9. The van der Waals surface area contributed by atoms with Gasteiger partial charge in [-0.15, -0.1) is 11.8 Å². The Morgan fingerprint density at radius 1 is 1.07 bits per heavy atom. The number of benzene rings is 1. The molecule has 154 valence electrons. The van der Waals surface area contributed by atoms with Crippen LogP contribution in [0.4, 0.5) is 5.69 Å². The lowest BCUT2D eigenvalue weighted by Gasteiger charge is -2.17. The molecule has 0 fully saturated rings. The highest BCUT2D eigenvalue weighted by molar-refractivity contribution is 8.89. The number of thiocarbonyl (C=S) groups is 2. The second-order valence-electron chi connectivity index (χ2n) is 5.89. The summed E-state index contributed by atoms with van der Waals surface area (Å²) in [7, 11) is 10.7. The third kappa shape index (κ3) is 9.51. The van der Waals surface area contributed by atoms with E-state index in [-0.39, 0.29) is 5.91 Å². The zero-order valence-corrected chi connectivity index (χ0v) is 20.6. The Morgan fingerprint density at radius 2 is 1.61 bits per heavy atom. The molecule has 1 aliphatic heterocycles. The van der Waals surface area contributed by atoms with Crippen molar-refractivity contribution in [1.29, 1.82) is 0 Å². The SMILES string of the molecule is CC1=C(C(=O)Nc2ccccc2)SCCO1.CN(C)C(=S)SSC(=S)N(C)C. The van der Waals surface area contributed by atoms with E-state index in [1.54, 1.807) is 11.8 Å². The van der Waals surface area contributed by atoms with Crippen molar-refractivity contribution in [3.05, 3.63) is 41.0 Å². The predicted octanol–water partition coefficient (Wildman–Crippen LogP) is 4.68. The fourth-order valence-electron chi connectivity index (χ4n) is 1.66. The lowest BCUT2D eigenvalue weighted by atomic mass is 10.3. The average molecular weight is 476 g/mol. The van der Waals surface area contributed by atoms with E-state index in [1.807, 2.05) is 75.2 Å². The second kappa shape index (κ2) is 13.3. The van der Waals surface area contributed by atoms with Gasteiger partial charge in [0.05, 0.1) is 6.61 Å². The number of para-hydroxylation sites is 1. The van der Waals surface area contributed by atoms with E-state index in [0.29, 0.717) is 17.3 Å². The van der Waals surface area contributed by atoms with Crippen LogP contribution >= 0.6 is 57.8 Å². The summed E-state index contributed by atoms with van der Waals surface area (Å²) >= 11 is 11.7. The Morgan fingerprint density at radius 3 is 2.07 bits per heavy atom.